The maximum absolute atomic E-state index is 9.91. The van der Waals surface area contributed by atoms with Crippen LogP contribution in [0.4, 0.5) is 4.79 Å². The molecule has 0 fully saturated rings. The average molecular weight is 256 g/mol. The zero-order valence-corrected chi connectivity index (χ0v) is 10.9. The lowest BCUT2D eigenvalue weighted by molar-refractivity contribution is -0.894. The Bertz CT molecular complexity index is 269. The number of carbonyl (C=O) groups excluding carboxylic acids is 1. The van der Waals surface area contributed by atoms with Crippen LogP contribution in [0.5, 0.6) is 0 Å². The van der Waals surface area contributed by atoms with Crippen molar-refractivity contribution in [2.24, 2.45) is 0 Å². The highest BCUT2D eigenvalue weighted by molar-refractivity contribution is 7.84. The highest BCUT2D eigenvalue weighted by Gasteiger charge is 2.00. The van der Waals surface area contributed by atoms with E-state index in [0.29, 0.717) is 0 Å². The molecule has 0 unspecified atom stereocenters. The standard InChI is InChI=1S/C6H15N.C2H5NO5S/c1-4-7(5-2)6-3;1-8-2(4)3-9(5,6)7/h4-6H2,1-3H3;1H3,(H,3,4)(H,5,6,7). The second kappa shape index (κ2) is 9.37. The van der Waals surface area contributed by atoms with Gasteiger partial charge >= 0.3 is 6.09 Å². The average Bonchev–Trinajstić information content (AvgIpc) is 2.19. The van der Waals surface area contributed by atoms with E-state index < -0.39 is 16.4 Å². The second-order valence-corrected chi connectivity index (χ2v) is 3.97. The SMILES string of the molecule is CC[NH+](CC)CC.COC(=O)NS(=O)(=O)[O-]. The molecule has 0 bridgehead atoms. The summed E-state index contributed by atoms with van der Waals surface area (Å²) in [5, 5.41) is 0. The number of nitrogens with one attached hydrogen (secondary N) is 2. The molecule has 0 aromatic heterocycles. The fourth-order valence-corrected chi connectivity index (χ4v) is 1.18. The van der Waals surface area contributed by atoms with E-state index in [1.54, 1.807) is 4.90 Å². The highest BCUT2D eigenvalue weighted by atomic mass is 32.2. The van der Waals surface area contributed by atoms with Gasteiger partial charge in [0.2, 0.25) is 0 Å². The van der Waals surface area contributed by atoms with E-state index in [1.807, 2.05) is 0 Å². The van der Waals surface area contributed by atoms with Crippen LogP contribution in [-0.2, 0) is 15.0 Å². The number of ether oxygens (including phenoxy) is 1. The quantitative estimate of drug-likeness (QED) is 0.611. The minimum atomic E-state index is -4.71. The van der Waals surface area contributed by atoms with Crippen molar-refractivity contribution < 1.29 is 27.4 Å². The molecule has 7 nitrogen and oxygen atoms in total. The minimum absolute atomic E-state index is 0.945. The van der Waals surface area contributed by atoms with E-state index in [2.05, 4.69) is 25.5 Å². The third kappa shape index (κ3) is 13.1. The zero-order chi connectivity index (χ0) is 13.2. The maximum atomic E-state index is 9.91. The van der Waals surface area contributed by atoms with Crippen LogP contribution in [0, 0.1) is 0 Å². The van der Waals surface area contributed by atoms with E-state index in [-0.39, 0.29) is 0 Å². The number of hydrogen-bond acceptors (Lipinski definition) is 5. The Morgan fingerprint density at radius 2 is 1.62 bits per heavy atom. The summed E-state index contributed by atoms with van der Waals surface area (Å²) in [4.78, 5) is 11.6. The summed E-state index contributed by atoms with van der Waals surface area (Å²) in [6.07, 6.45) is -1.29. The predicted molar refractivity (Wildman–Crippen MR) is 57.8 cm³/mol. The summed E-state index contributed by atoms with van der Waals surface area (Å²) >= 11 is 0. The van der Waals surface area contributed by atoms with Crippen molar-refractivity contribution in [1.82, 2.24) is 4.72 Å². The molecule has 0 radical (unpaired) electrons. The lowest BCUT2D eigenvalue weighted by Crippen LogP contribution is -3.11. The van der Waals surface area contributed by atoms with Crippen LogP contribution in [0.25, 0.3) is 0 Å². The summed E-state index contributed by atoms with van der Waals surface area (Å²) in [6.45, 7) is 10.5. The van der Waals surface area contributed by atoms with Gasteiger partial charge in [-0.1, -0.05) is 0 Å². The molecule has 0 atom stereocenters. The Hall–Kier alpha value is -0.860. The van der Waals surface area contributed by atoms with Gasteiger partial charge in [0.25, 0.3) is 0 Å². The smallest absolute Gasteiger partial charge is 0.419 e. The van der Waals surface area contributed by atoms with Crippen LogP contribution in [0.1, 0.15) is 20.8 Å². The molecule has 0 heterocycles. The van der Waals surface area contributed by atoms with Crippen molar-refractivity contribution in [3.8, 4) is 0 Å². The van der Waals surface area contributed by atoms with Crippen molar-refractivity contribution in [1.29, 1.82) is 0 Å². The van der Waals surface area contributed by atoms with Crippen LogP contribution in [0.3, 0.4) is 0 Å². The molecule has 98 valence electrons. The van der Waals surface area contributed by atoms with Crippen LogP contribution >= 0.6 is 0 Å². The lowest BCUT2D eigenvalue weighted by Gasteiger charge is -2.10. The first-order valence-corrected chi connectivity index (χ1v) is 6.36. The number of rotatable bonds is 4. The van der Waals surface area contributed by atoms with Crippen molar-refractivity contribution >= 4 is 16.4 Å². The van der Waals surface area contributed by atoms with Gasteiger partial charge < -0.3 is 14.2 Å². The molecule has 0 aromatic carbocycles. The van der Waals surface area contributed by atoms with E-state index in [0.717, 1.165) is 11.8 Å². The van der Waals surface area contributed by atoms with Gasteiger partial charge in [-0.15, -0.1) is 0 Å². The molecule has 0 aromatic rings. The molecule has 0 aliphatic rings. The summed E-state index contributed by atoms with van der Waals surface area (Å²) in [5.41, 5.74) is 0. The van der Waals surface area contributed by atoms with Gasteiger partial charge in [-0.2, -0.15) is 0 Å². The molecule has 0 aliphatic carbocycles. The topological polar surface area (TPSA) is 100.0 Å². The molecule has 1 amide bonds. The summed E-state index contributed by atoms with van der Waals surface area (Å²) in [7, 11) is -3.77. The molecule has 8 heteroatoms. The van der Waals surface area contributed by atoms with E-state index in [4.69, 9.17) is 0 Å². The van der Waals surface area contributed by atoms with Gasteiger partial charge in [0.05, 0.1) is 26.7 Å². The first-order valence-electron chi connectivity index (χ1n) is 4.95. The molecule has 0 saturated carbocycles. The Kier molecular flexibility index (Phi) is 10.3. The van der Waals surface area contributed by atoms with Gasteiger partial charge in [-0.25, -0.2) is 17.9 Å². The third-order valence-corrected chi connectivity index (χ3v) is 2.31. The van der Waals surface area contributed by atoms with Crippen LogP contribution in [-0.4, -0.2) is 45.8 Å². The van der Waals surface area contributed by atoms with Crippen molar-refractivity contribution in [3.63, 3.8) is 0 Å². The fourth-order valence-electron chi connectivity index (χ4n) is 0.894. The minimum Gasteiger partial charge on any atom is -0.731 e. The molecule has 0 rings (SSSR count). The highest BCUT2D eigenvalue weighted by Crippen LogP contribution is 1.75. The predicted octanol–water partition coefficient (Wildman–Crippen LogP) is -1.27. The van der Waals surface area contributed by atoms with Crippen molar-refractivity contribution in [2.45, 2.75) is 20.8 Å². The number of carbonyl (C=O) groups is 1. The maximum Gasteiger partial charge on any atom is 0.419 e. The van der Waals surface area contributed by atoms with Gasteiger partial charge in [0.1, 0.15) is 0 Å². The second-order valence-electron chi connectivity index (χ2n) is 2.86. The van der Waals surface area contributed by atoms with E-state index >= 15 is 0 Å². The largest absolute Gasteiger partial charge is 0.731 e. The summed E-state index contributed by atoms with van der Waals surface area (Å²) in [5.74, 6) is 0. The molecular weight excluding hydrogens is 236 g/mol. The molecular formula is C8H20N2O5S. The lowest BCUT2D eigenvalue weighted by atomic mass is 10.5. The van der Waals surface area contributed by atoms with E-state index in [1.165, 1.54) is 19.6 Å². The monoisotopic (exact) mass is 256 g/mol. The van der Waals surface area contributed by atoms with Crippen molar-refractivity contribution in [2.75, 3.05) is 26.7 Å². The first kappa shape index (κ1) is 17.5. The number of quaternary nitrogens is 1. The number of methoxy groups -OCH3 is 1. The Morgan fingerprint density at radius 1 is 1.25 bits per heavy atom. The summed E-state index contributed by atoms with van der Waals surface area (Å²) < 4.78 is 33.7. The summed E-state index contributed by atoms with van der Waals surface area (Å²) in [6, 6.07) is 0. The molecule has 0 saturated heterocycles. The van der Waals surface area contributed by atoms with Crippen LogP contribution in [0.15, 0.2) is 0 Å². The number of amides is 1. The number of hydrogen-bond donors (Lipinski definition) is 2. The Balaban J connectivity index is 0. The van der Waals surface area contributed by atoms with Crippen molar-refractivity contribution in [3.05, 3.63) is 0 Å². The Labute approximate surface area is 96.6 Å². The van der Waals surface area contributed by atoms with Gasteiger partial charge in [-0.05, 0) is 20.8 Å². The fraction of sp³-hybridized carbons (Fsp3) is 0.875. The van der Waals surface area contributed by atoms with Gasteiger partial charge in [-0.3, -0.25) is 0 Å². The van der Waals surface area contributed by atoms with E-state index in [9.17, 15) is 17.8 Å². The zero-order valence-electron chi connectivity index (χ0n) is 10.1. The normalized spacial score (nSPS) is 10.4. The molecule has 0 spiro atoms. The molecule has 0 aliphatic heterocycles. The Morgan fingerprint density at radius 3 is 1.69 bits per heavy atom. The van der Waals surface area contributed by atoms with Crippen LogP contribution in [0.2, 0.25) is 0 Å². The molecule has 2 N–H and O–H groups in total. The van der Waals surface area contributed by atoms with Gasteiger partial charge in [0.15, 0.2) is 10.3 Å². The van der Waals surface area contributed by atoms with Gasteiger partial charge in [0, 0.05) is 0 Å². The van der Waals surface area contributed by atoms with Crippen LogP contribution < -0.4 is 9.62 Å². The third-order valence-electron chi connectivity index (χ3n) is 1.89. The molecule has 16 heavy (non-hydrogen) atoms. The first-order chi connectivity index (χ1) is 7.30.